The molecule has 1 aromatic carbocycles. The highest BCUT2D eigenvalue weighted by Gasteiger charge is 1.99. The number of para-hydroxylation sites is 1. The van der Waals surface area contributed by atoms with E-state index in [4.69, 9.17) is 0 Å². The van der Waals surface area contributed by atoms with E-state index in [-0.39, 0.29) is 5.56 Å². The fraction of sp³-hybridized carbons (Fsp3) is 0. The second-order valence-electron chi connectivity index (χ2n) is 3.09. The van der Waals surface area contributed by atoms with Crippen LogP contribution in [0.1, 0.15) is 5.82 Å². The molecule has 0 fully saturated rings. The molecule has 0 saturated heterocycles. The van der Waals surface area contributed by atoms with Crippen molar-refractivity contribution in [2.24, 2.45) is 0 Å². The number of rotatable bonds is 3. The van der Waals surface area contributed by atoms with Crippen molar-refractivity contribution >= 4 is 23.4 Å². The van der Waals surface area contributed by atoms with Crippen LogP contribution in [0.4, 0.5) is 0 Å². The van der Waals surface area contributed by atoms with E-state index >= 15 is 0 Å². The molecule has 2 N–H and O–H groups in total. The lowest BCUT2D eigenvalue weighted by molar-refractivity contribution is -0.108. The summed E-state index contributed by atoms with van der Waals surface area (Å²) in [5.41, 5.74) is 0.424. The van der Waals surface area contributed by atoms with E-state index in [0.717, 1.165) is 0 Å². The van der Waals surface area contributed by atoms with E-state index in [1.54, 1.807) is 18.2 Å². The van der Waals surface area contributed by atoms with Crippen molar-refractivity contribution in [3.05, 3.63) is 46.6 Å². The smallest absolute Gasteiger partial charge is 0.259 e. The molecule has 0 aliphatic rings. The minimum absolute atomic E-state index is 0.198. The van der Waals surface area contributed by atoms with Gasteiger partial charge in [-0.15, -0.1) is 0 Å². The zero-order chi connectivity index (χ0) is 11.4. The Morgan fingerprint density at radius 3 is 2.94 bits per heavy atom. The van der Waals surface area contributed by atoms with E-state index < -0.39 is 0 Å². The lowest BCUT2D eigenvalue weighted by Crippen LogP contribution is -2.10. The Kier molecular flexibility index (Phi) is 2.77. The third-order valence-corrected chi connectivity index (χ3v) is 2.04. The summed E-state index contributed by atoms with van der Waals surface area (Å²) in [4.78, 5) is 28.4. The van der Waals surface area contributed by atoms with Gasteiger partial charge in [-0.1, -0.05) is 12.1 Å². The lowest BCUT2D eigenvalue weighted by Gasteiger charge is -1.97. The van der Waals surface area contributed by atoms with Crippen LogP contribution in [0.25, 0.3) is 17.0 Å². The Morgan fingerprint density at radius 2 is 2.12 bits per heavy atom. The second-order valence-corrected chi connectivity index (χ2v) is 3.09. The Labute approximate surface area is 90.8 Å². The van der Waals surface area contributed by atoms with Gasteiger partial charge in [0.1, 0.15) is 5.82 Å². The molecule has 1 amide bonds. The van der Waals surface area contributed by atoms with Crippen LogP contribution in [-0.2, 0) is 4.79 Å². The van der Waals surface area contributed by atoms with Crippen LogP contribution in [-0.4, -0.2) is 16.4 Å². The molecule has 2 aromatic rings. The summed E-state index contributed by atoms with van der Waals surface area (Å²) in [6.07, 6.45) is 3.46. The summed E-state index contributed by atoms with van der Waals surface area (Å²) < 4.78 is 0. The third-order valence-electron chi connectivity index (χ3n) is 2.04. The maximum atomic E-state index is 11.6. The quantitative estimate of drug-likeness (QED) is 0.738. The van der Waals surface area contributed by atoms with Crippen molar-refractivity contribution < 1.29 is 4.79 Å². The maximum absolute atomic E-state index is 11.6. The summed E-state index contributed by atoms with van der Waals surface area (Å²) in [5.74, 6) is 0.401. The molecule has 1 aromatic heterocycles. The van der Waals surface area contributed by atoms with Crippen molar-refractivity contribution in [2.45, 2.75) is 0 Å². The van der Waals surface area contributed by atoms with Crippen molar-refractivity contribution in [3.8, 4) is 0 Å². The number of carbonyl (C=O) groups is 1. The molecule has 1 heterocycles. The number of hydrogen-bond acceptors (Lipinski definition) is 3. The van der Waals surface area contributed by atoms with Gasteiger partial charge in [0.05, 0.1) is 10.9 Å². The van der Waals surface area contributed by atoms with Crippen LogP contribution in [0.15, 0.2) is 35.3 Å². The van der Waals surface area contributed by atoms with Gasteiger partial charge in [0, 0.05) is 6.20 Å². The predicted molar refractivity (Wildman–Crippen MR) is 60.6 cm³/mol. The Balaban J connectivity index is 2.50. The first-order valence-corrected chi connectivity index (χ1v) is 4.66. The van der Waals surface area contributed by atoms with Crippen molar-refractivity contribution in [1.29, 1.82) is 0 Å². The summed E-state index contributed by atoms with van der Waals surface area (Å²) in [6, 6.07) is 7.06. The molecular formula is C11H9N3O2. The van der Waals surface area contributed by atoms with E-state index in [2.05, 4.69) is 15.3 Å². The van der Waals surface area contributed by atoms with E-state index in [9.17, 15) is 9.59 Å². The highest BCUT2D eigenvalue weighted by atomic mass is 16.1. The van der Waals surface area contributed by atoms with Gasteiger partial charge in [0.15, 0.2) is 0 Å². The number of fused-ring (bicyclic) bond motifs is 1. The average Bonchev–Trinajstić information content (AvgIpc) is 2.30. The molecule has 5 nitrogen and oxygen atoms in total. The van der Waals surface area contributed by atoms with Crippen LogP contribution in [0, 0.1) is 0 Å². The fourth-order valence-corrected chi connectivity index (χ4v) is 1.35. The number of amides is 1. The molecular weight excluding hydrogens is 206 g/mol. The molecule has 0 radical (unpaired) electrons. The van der Waals surface area contributed by atoms with E-state index in [1.165, 1.54) is 12.3 Å². The van der Waals surface area contributed by atoms with Gasteiger partial charge in [0.2, 0.25) is 6.41 Å². The summed E-state index contributed by atoms with van der Waals surface area (Å²) in [5, 5.41) is 2.89. The fourth-order valence-electron chi connectivity index (χ4n) is 1.35. The zero-order valence-corrected chi connectivity index (χ0v) is 8.31. The number of benzene rings is 1. The molecule has 0 unspecified atom stereocenters. The van der Waals surface area contributed by atoms with Crippen LogP contribution in [0.2, 0.25) is 0 Å². The molecule has 0 atom stereocenters. The first-order valence-electron chi connectivity index (χ1n) is 4.66. The van der Waals surface area contributed by atoms with Crippen LogP contribution >= 0.6 is 0 Å². The summed E-state index contributed by atoms with van der Waals surface area (Å²) in [7, 11) is 0. The number of nitrogens with one attached hydrogen (secondary N) is 2. The Hall–Kier alpha value is -2.43. The highest BCUT2D eigenvalue weighted by molar-refractivity contribution is 5.77. The number of nitrogens with zero attached hydrogens (tertiary/aromatic N) is 1. The molecule has 0 saturated carbocycles. The van der Waals surface area contributed by atoms with Gasteiger partial charge < -0.3 is 10.3 Å². The van der Waals surface area contributed by atoms with E-state index in [0.29, 0.717) is 23.1 Å². The number of aromatic nitrogens is 2. The first-order chi connectivity index (χ1) is 7.81. The average molecular weight is 215 g/mol. The summed E-state index contributed by atoms with van der Waals surface area (Å²) in [6.45, 7) is 0. The number of carbonyl (C=O) groups excluding carboxylic acids is 1. The Morgan fingerprint density at radius 1 is 1.31 bits per heavy atom. The van der Waals surface area contributed by atoms with Gasteiger partial charge in [-0.25, -0.2) is 4.98 Å². The van der Waals surface area contributed by atoms with Gasteiger partial charge >= 0.3 is 0 Å². The summed E-state index contributed by atoms with van der Waals surface area (Å²) >= 11 is 0. The van der Waals surface area contributed by atoms with Gasteiger partial charge in [-0.2, -0.15) is 0 Å². The molecule has 5 heteroatoms. The molecule has 0 aliphatic heterocycles. The largest absolute Gasteiger partial charge is 0.335 e. The molecule has 80 valence electrons. The second kappa shape index (κ2) is 4.39. The highest BCUT2D eigenvalue weighted by Crippen LogP contribution is 2.05. The lowest BCUT2D eigenvalue weighted by atomic mass is 10.2. The number of aromatic amines is 1. The molecule has 0 spiro atoms. The SMILES string of the molecule is O=CN/C=C\c1nc2ccccc2c(=O)[nH]1. The standard InChI is InChI=1S/C11H9N3O2/c15-7-12-6-5-10-13-9-4-2-1-3-8(9)11(16)14-10/h1-7H,(H,12,15)(H,13,14,16)/b6-5-. The molecule has 16 heavy (non-hydrogen) atoms. The predicted octanol–water partition coefficient (Wildman–Crippen LogP) is 0.640. The van der Waals surface area contributed by atoms with Gasteiger partial charge in [-0.05, 0) is 18.2 Å². The monoisotopic (exact) mass is 215 g/mol. The van der Waals surface area contributed by atoms with Gasteiger partial charge in [-0.3, -0.25) is 9.59 Å². The minimum atomic E-state index is -0.198. The number of H-pyrrole nitrogens is 1. The van der Waals surface area contributed by atoms with Gasteiger partial charge in [0.25, 0.3) is 5.56 Å². The normalized spacial score (nSPS) is 10.8. The van der Waals surface area contributed by atoms with Crippen LogP contribution in [0.5, 0.6) is 0 Å². The number of hydrogen-bond donors (Lipinski definition) is 2. The third kappa shape index (κ3) is 1.98. The van der Waals surface area contributed by atoms with E-state index in [1.807, 2.05) is 6.07 Å². The van der Waals surface area contributed by atoms with Crippen LogP contribution < -0.4 is 10.9 Å². The van der Waals surface area contributed by atoms with Crippen molar-refractivity contribution in [2.75, 3.05) is 0 Å². The van der Waals surface area contributed by atoms with Crippen molar-refractivity contribution in [3.63, 3.8) is 0 Å². The van der Waals surface area contributed by atoms with Crippen LogP contribution in [0.3, 0.4) is 0 Å². The first kappa shape index (κ1) is 10.1. The van der Waals surface area contributed by atoms with Crippen molar-refractivity contribution in [1.82, 2.24) is 15.3 Å². The maximum Gasteiger partial charge on any atom is 0.259 e. The minimum Gasteiger partial charge on any atom is -0.335 e. The topological polar surface area (TPSA) is 74.8 Å². The Bertz CT molecular complexity index is 601. The molecule has 2 rings (SSSR count). The molecule has 0 aliphatic carbocycles. The zero-order valence-electron chi connectivity index (χ0n) is 8.31. The molecule has 0 bridgehead atoms.